The second kappa shape index (κ2) is 11.8. The van der Waals surface area contributed by atoms with Crippen LogP contribution in [0.1, 0.15) is 44.8 Å². The van der Waals surface area contributed by atoms with E-state index in [2.05, 4.69) is 10.1 Å². The lowest BCUT2D eigenvalue weighted by molar-refractivity contribution is -0.148. The summed E-state index contributed by atoms with van der Waals surface area (Å²) < 4.78 is 15.3. The van der Waals surface area contributed by atoms with Gasteiger partial charge in [0.15, 0.2) is 6.10 Å². The Bertz CT molecular complexity index is 915. The number of carbonyl (C=O) groups excluding carboxylic acids is 4. The molecule has 4 atom stereocenters. The van der Waals surface area contributed by atoms with E-state index >= 15 is 0 Å². The lowest BCUT2D eigenvalue weighted by atomic mass is 10.0. The number of esters is 2. The average molecular weight is 473 g/mol. The molecule has 2 amide bonds. The van der Waals surface area contributed by atoms with E-state index in [-0.39, 0.29) is 30.4 Å². The van der Waals surface area contributed by atoms with Crippen molar-refractivity contribution in [3.8, 4) is 0 Å². The molecule has 1 N–H and O–H groups in total. The molecular formula is C25H32N2O7. The molecule has 9 heteroatoms. The van der Waals surface area contributed by atoms with Crippen molar-refractivity contribution in [1.82, 2.24) is 10.2 Å². The Morgan fingerprint density at radius 3 is 2.62 bits per heavy atom. The fourth-order valence-electron chi connectivity index (χ4n) is 4.06. The summed E-state index contributed by atoms with van der Waals surface area (Å²) in [4.78, 5) is 51.4. The molecule has 2 aliphatic heterocycles. The van der Waals surface area contributed by atoms with Gasteiger partial charge in [-0.15, -0.1) is 0 Å². The van der Waals surface area contributed by atoms with Gasteiger partial charge in [-0.3, -0.25) is 9.59 Å². The number of methoxy groups -OCH3 is 1. The molecule has 0 radical (unpaired) electrons. The topological polar surface area (TPSA) is 115 Å². The van der Waals surface area contributed by atoms with Crippen molar-refractivity contribution in [3.63, 3.8) is 0 Å². The van der Waals surface area contributed by atoms with Crippen molar-refractivity contribution >= 4 is 23.8 Å². The molecule has 0 bridgehead atoms. The highest BCUT2D eigenvalue weighted by atomic mass is 16.6. The monoisotopic (exact) mass is 472 g/mol. The smallest absolute Gasteiger partial charge is 0.330 e. The zero-order chi connectivity index (χ0) is 24.7. The van der Waals surface area contributed by atoms with E-state index in [0.29, 0.717) is 25.8 Å². The predicted octanol–water partition coefficient (Wildman–Crippen LogP) is 1.92. The normalized spacial score (nSPS) is 22.5. The van der Waals surface area contributed by atoms with E-state index in [1.54, 1.807) is 4.90 Å². The second-order valence-electron chi connectivity index (χ2n) is 8.82. The first-order chi connectivity index (χ1) is 16.3. The molecule has 0 unspecified atom stereocenters. The van der Waals surface area contributed by atoms with E-state index in [1.165, 1.54) is 13.2 Å². The summed E-state index contributed by atoms with van der Waals surface area (Å²) in [6.45, 7) is 4.22. The van der Waals surface area contributed by atoms with Crippen LogP contribution in [-0.2, 0) is 33.4 Å². The molecule has 0 spiro atoms. The van der Waals surface area contributed by atoms with Crippen molar-refractivity contribution in [2.45, 2.75) is 57.4 Å². The van der Waals surface area contributed by atoms with Gasteiger partial charge in [-0.1, -0.05) is 44.2 Å². The number of carbonyl (C=O) groups is 4. The standard InChI is InChI=1S/C25H32N2O7/c1-16(2)15-18(25(31)33-14-8-12-20(28)32-3)26-23(29)19-11-7-13-27(19)24(30)22-21(34-22)17-9-5-4-6-10-17/h4-6,8-10,12,16,18-19,21-22H,7,11,13-15H2,1-3H3,(H,26,29)/b12-8+/t18-,19-,21-,22+/m0/s1. The number of benzene rings is 1. The maximum atomic E-state index is 13.1. The van der Waals surface area contributed by atoms with Gasteiger partial charge in [0.05, 0.1) is 7.11 Å². The van der Waals surface area contributed by atoms with E-state index in [1.807, 2.05) is 44.2 Å². The summed E-state index contributed by atoms with van der Waals surface area (Å²) in [6, 6.07) is 8.00. The Labute approximate surface area is 199 Å². The summed E-state index contributed by atoms with van der Waals surface area (Å²) in [6.07, 6.45) is 3.25. The van der Waals surface area contributed by atoms with Gasteiger partial charge in [0.25, 0.3) is 5.91 Å². The van der Waals surface area contributed by atoms with Crippen molar-refractivity contribution in [2.24, 2.45) is 5.92 Å². The van der Waals surface area contributed by atoms with Gasteiger partial charge in [-0.2, -0.15) is 0 Å². The molecule has 0 aromatic heterocycles. The number of hydrogen-bond acceptors (Lipinski definition) is 7. The zero-order valence-corrected chi connectivity index (χ0v) is 19.8. The Balaban J connectivity index is 1.58. The number of epoxide rings is 1. The van der Waals surface area contributed by atoms with E-state index in [4.69, 9.17) is 9.47 Å². The number of hydrogen-bond donors (Lipinski definition) is 1. The molecule has 0 aliphatic carbocycles. The molecule has 1 aromatic carbocycles. The highest BCUT2D eigenvalue weighted by molar-refractivity contribution is 5.93. The molecule has 2 aliphatic rings. The third kappa shape index (κ3) is 6.66. The van der Waals surface area contributed by atoms with Crippen molar-refractivity contribution < 1.29 is 33.4 Å². The van der Waals surface area contributed by atoms with Gasteiger partial charge >= 0.3 is 11.9 Å². The predicted molar refractivity (Wildman–Crippen MR) is 122 cm³/mol. The van der Waals surface area contributed by atoms with Gasteiger partial charge in [-0.25, -0.2) is 9.59 Å². The third-order valence-electron chi connectivity index (χ3n) is 5.79. The minimum absolute atomic E-state index is 0.119. The van der Waals surface area contributed by atoms with Gasteiger partial charge in [-0.05, 0) is 36.8 Å². The summed E-state index contributed by atoms with van der Waals surface area (Å²) in [7, 11) is 1.25. The van der Waals surface area contributed by atoms with Gasteiger partial charge in [0, 0.05) is 12.6 Å². The molecule has 1 aromatic rings. The van der Waals surface area contributed by atoms with Crippen LogP contribution in [0.15, 0.2) is 42.5 Å². The van der Waals surface area contributed by atoms with Crippen molar-refractivity contribution in [1.29, 1.82) is 0 Å². The lowest BCUT2D eigenvalue weighted by Gasteiger charge is -2.26. The molecule has 9 nitrogen and oxygen atoms in total. The van der Waals surface area contributed by atoms with Crippen LogP contribution >= 0.6 is 0 Å². The molecule has 34 heavy (non-hydrogen) atoms. The Kier molecular flexibility index (Phi) is 8.81. The molecule has 2 fully saturated rings. The SMILES string of the molecule is COC(=O)/C=C/COC(=O)[C@H](CC(C)C)NC(=O)[C@@H]1CCCN1C(=O)[C@@H]1O[C@H]1c1ccccc1. The maximum Gasteiger partial charge on any atom is 0.330 e. The Morgan fingerprint density at radius 2 is 1.94 bits per heavy atom. The first kappa shape index (κ1) is 25.4. The number of likely N-dealkylation sites (tertiary alicyclic amines) is 1. The first-order valence-electron chi connectivity index (χ1n) is 11.5. The summed E-state index contributed by atoms with van der Waals surface area (Å²) >= 11 is 0. The highest BCUT2D eigenvalue weighted by Crippen LogP contribution is 2.40. The molecular weight excluding hydrogens is 440 g/mol. The summed E-state index contributed by atoms with van der Waals surface area (Å²) in [5.74, 6) is -1.61. The maximum absolute atomic E-state index is 13.1. The highest BCUT2D eigenvalue weighted by Gasteiger charge is 2.50. The van der Waals surface area contributed by atoms with Gasteiger partial charge in [0.2, 0.25) is 5.91 Å². The van der Waals surface area contributed by atoms with E-state index in [9.17, 15) is 19.2 Å². The van der Waals surface area contributed by atoms with Gasteiger partial charge in [0.1, 0.15) is 24.8 Å². The van der Waals surface area contributed by atoms with Crippen molar-refractivity contribution in [3.05, 3.63) is 48.0 Å². The molecule has 2 heterocycles. The minimum Gasteiger partial charge on any atom is -0.466 e. The number of amides is 2. The Morgan fingerprint density at radius 1 is 1.21 bits per heavy atom. The van der Waals surface area contributed by atoms with Crippen LogP contribution in [0.5, 0.6) is 0 Å². The molecule has 3 rings (SSSR count). The fraction of sp³-hybridized carbons (Fsp3) is 0.520. The van der Waals surface area contributed by atoms with Crippen LogP contribution < -0.4 is 5.32 Å². The van der Waals surface area contributed by atoms with Crippen molar-refractivity contribution in [2.75, 3.05) is 20.3 Å². The number of rotatable bonds is 10. The summed E-state index contributed by atoms with van der Waals surface area (Å²) in [5.41, 5.74) is 0.932. The number of ether oxygens (including phenoxy) is 3. The van der Waals surface area contributed by atoms with Crippen LogP contribution in [0.25, 0.3) is 0 Å². The molecule has 0 saturated carbocycles. The van der Waals surface area contributed by atoms with Gasteiger partial charge < -0.3 is 24.4 Å². The molecule has 184 valence electrons. The average Bonchev–Trinajstić information content (AvgIpc) is 3.48. The van der Waals surface area contributed by atoms with Crippen LogP contribution in [0.2, 0.25) is 0 Å². The zero-order valence-electron chi connectivity index (χ0n) is 19.8. The first-order valence-corrected chi connectivity index (χ1v) is 11.5. The summed E-state index contributed by atoms with van der Waals surface area (Å²) in [5, 5.41) is 2.77. The number of nitrogens with zero attached hydrogens (tertiary/aromatic N) is 1. The Hall–Kier alpha value is -3.20. The second-order valence-corrected chi connectivity index (χ2v) is 8.82. The van der Waals surface area contributed by atoms with E-state index in [0.717, 1.165) is 11.6 Å². The number of nitrogens with one attached hydrogen (secondary N) is 1. The lowest BCUT2D eigenvalue weighted by Crippen LogP contribution is -2.52. The quantitative estimate of drug-likeness (QED) is 0.314. The van der Waals surface area contributed by atoms with Crippen LogP contribution in [0, 0.1) is 5.92 Å². The van der Waals surface area contributed by atoms with Crippen LogP contribution in [0.4, 0.5) is 0 Å². The van der Waals surface area contributed by atoms with Crippen LogP contribution in [-0.4, -0.2) is 67.1 Å². The molecule has 2 saturated heterocycles. The third-order valence-corrected chi connectivity index (χ3v) is 5.79. The minimum atomic E-state index is -0.856. The van der Waals surface area contributed by atoms with E-state index < -0.39 is 30.1 Å². The van der Waals surface area contributed by atoms with Crippen LogP contribution in [0.3, 0.4) is 0 Å². The fourth-order valence-corrected chi connectivity index (χ4v) is 4.06. The largest absolute Gasteiger partial charge is 0.466 e.